The zero-order valence-corrected chi connectivity index (χ0v) is 8.98. The fourth-order valence-corrected chi connectivity index (χ4v) is 2.16. The minimum Gasteiger partial charge on any atom is -0.316 e. The van der Waals surface area contributed by atoms with Crippen molar-refractivity contribution in [3.63, 3.8) is 0 Å². The van der Waals surface area contributed by atoms with E-state index in [4.69, 9.17) is 0 Å². The normalized spacial score (nSPS) is 20.7. The fourth-order valence-electron chi connectivity index (χ4n) is 2.16. The van der Waals surface area contributed by atoms with Crippen LogP contribution in [0.25, 0.3) is 0 Å². The molecule has 0 bridgehead atoms. The summed E-state index contributed by atoms with van der Waals surface area (Å²) in [5.74, 6) is 0. The van der Waals surface area contributed by atoms with Crippen LogP contribution in [-0.2, 0) is 6.54 Å². The van der Waals surface area contributed by atoms with Crippen LogP contribution < -0.4 is 10.9 Å². The lowest BCUT2D eigenvalue weighted by Crippen LogP contribution is -2.23. The molecule has 3 nitrogen and oxygen atoms in total. The summed E-state index contributed by atoms with van der Waals surface area (Å²) >= 11 is 0. The van der Waals surface area contributed by atoms with Crippen molar-refractivity contribution in [3.8, 4) is 0 Å². The second-order valence-corrected chi connectivity index (χ2v) is 4.17. The third-order valence-corrected chi connectivity index (χ3v) is 3.01. The summed E-state index contributed by atoms with van der Waals surface area (Å²) in [5.41, 5.74) is 0.108. The molecule has 1 aromatic rings. The summed E-state index contributed by atoms with van der Waals surface area (Å²) in [6.45, 7) is 2.01. The van der Waals surface area contributed by atoms with Gasteiger partial charge in [0, 0.05) is 24.8 Å². The molecule has 3 heteroatoms. The molecule has 82 valence electrons. The maximum atomic E-state index is 11.4. The monoisotopic (exact) mass is 206 g/mol. The Morgan fingerprint density at radius 3 is 3.13 bits per heavy atom. The second-order valence-electron chi connectivity index (χ2n) is 4.17. The van der Waals surface area contributed by atoms with Gasteiger partial charge in [-0.25, -0.2) is 0 Å². The Kier molecular flexibility index (Phi) is 3.56. The van der Waals surface area contributed by atoms with Gasteiger partial charge in [0.15, 0.2) is 0 Å². The minimum absolute atomic E-state index is 0.108. The van der Waals surface area contributed by atoms with E-state index in [1.165, 1.54) is 19.3 Å². The lowest BCUT2D eigenvalue weighted by molar-refractivity contribution is 0.497. The third-order valence-electron chi connectivity index (χ3n) is 3.01. The highest BCUT2D eigenvalue weighted by molar-refractivity contribution is 4.93. The van der Waals surface area contributed by atoms with E-state index in [2.05, 4.69) is 5.32 Å². The SMILES string of the molecule is O=c1ccccn1CCCC1CCCN1. The average molecular weight is 206 g/mol. The largest absolute Gasteiger partial charge is 0.316 e. The van der Waals surface area contributed by atoms with E-state index in [1.807, 2.05) is 12.3 Å². The van der Waals surface area contributed by atoms with Gasteiger partial charge in [-0.15, -0.1) is 0 Å². The number of rotatable bonds is 4. The maximum absolute atomic E-state index is 11.4. The van der Waals surface area contributed by atoms with Crippen molar-refractivity contribution in [3.05, 3.63) is 34.7 Å². The molecule has 0 aromatic carbocycles. The first kappa shape index (κ1) is 10.4. The van der Waals surface area contributed by atoms with E-state index in [9.17, 15) is 4.79 Å². The minimum atomic E-state index is 0.108. The van der Waals surface area contributed by atoms with Crippen LogP contribution in [0.4, 0.5) is 0 Å². The van der Waals surface area contributed by atoms with Gasteiger partial charge < -0.3 is 9.88 Å². The van der Waals surface area contributed by atoms with Crippen LogP contribution >= 0.6 is 0 Å². The Morgan fingerprint density at radius 2 is 2.40 bits per heavy atom. The quantitative estimate of drug-likeness (QED) is 0.807. The van der Waals surface area contributed by atoms with Crippen molar-refractivity contribution in [1.29, 1.82) is 0 Å². The number of hydrogen-bond donors (Lipinski definition) is 1. The second kappa shape index (κ2) is 5.12. The predicted octanol–water partition coefficient (Wildman–Crippen LogP) is 1.38. The van der Waals surface area contributed by atoms with Crippen LogP contribution in [0.5, 0.6) is 0 Å². The van der Waals surface area contributed by atoms with Gasteiger partial charge in [-0.3, -0.25) is 4.79 Å². The lowest BCUT2D eigenvalue weighted by atomic mass is 10.1. The topological polar surface area (TPSA) is 34.0 Å². The van der Waals surface area contributed by atoms with Crippen LogP contribution in [0, 0.1) is 0 Å². The van der Waals surface area contributed by atoms with Crippen molar-refractivity contribution in [2.24, 2.45) is 0 Å². The van der Waals surface area contributed by atoms with Crippen molar-refractivity contribution < 1.29 is 0 Å². The van der Waals surface area contributed by atoms with Crippen molar-refractivity contribution in [2.45, 2.75) is 38.3 Å². The zero-order chi connectivity index (χ0) is 10.5. The van der Waals surface area contributed by atoms with Crippen LogP contribution in [0.3, 0.4) is 0 Å². The lowest BCUT2D eigenvalue weighted by Gasteiger charge is -2.10. The van der Waals surface area contributed by atoms with Crippen molar-refractivity contribution in [2.75, 3.05) is 6.54 Å². The zero-order valence-electron chi connectivity index (χ0n) is 8.98. The molecule has 2 heterocycles. The molecule has 0 spiro atoms. The molecule has 0 amide bonds. The number of nitrogens with zero attached hydrogens (tertiary/aromatic N) is 1. The van der Waals surface area contributed by atoms with Crippen LogP contribution in [0.1, 0.15) is 25.7 Å². The highest BCUT2D eigenvalue weighted by atomic mass is 16.1. The standard InChI is InChI=1S/C12H18N2O/c15-12-7-1-2-9-14(12)10-4-6-11-5-3-8-13-11/h1-2,7,9,11,13H,3-6,8,10H2. The molecule has 1 atom stereocenters. The van der Waals surface area contributed by atoms with Crippen LogP contribution in [-0.4, -0.2) is 17.2 Å². The molecular weight excluding hydrogens is 188 g/mol. The molecular formula is C12H18N2O. The first-order valence-electron chi connectivity index (χ1n) is 5.75. The predicted molar refractivity (Wildman–Crippen MR) is 61.0 cm³/mol. The summed E-state index contributed by atoms with van der Waals surface area (Å²) in [6, 6.07) is 6.00. The van der Waals surface area contributed by atoms with Gasteiger partial charge >= 0.3 is 0 Å². The van der Waals surface area contributed by atoms with Gasteiger partial charge in [-0.1, -0.05) is 6.07 Å². The van der Waals surface area contributed by atoms with Gasteiger partial charge in [0.05, 0.1) is 0 Å². The van der Waals surface area contributed by atoms with Gasteiger partial charge in [0.1, 0.15) is 0 Å². The van der Waals surface area contributed by atoms with Crippen molar-refractivity contribution >= 4 is 0 Å². The summed E-state index contributed by atoms with van der Waals surface area (Å²) < 4.78 is 1.79. The van der Waals surface area contributed by atoms with Crippen LogP contribution in [0.15, 0.2) is 29.2 Å². The van der Waals surface area contributed by atoms with Gasteiger partial charge in [-0.2, -0.15) is 0 Å². The molecule has 1 fully saturated rings. The van der Waals surface area contributed by atoms with E-state index < -0.39 is 0 Å². The van der Waals surface area contributed by atoms with Gasteiger partial charge in [0.25, 0.3) is 0 Å². The Bertz CT molecular complexity index is 353. The first-order valence-corrected chi connectivity index (χ1v) is 5.75. The van der Waals surface area contributed by atoms with E-state index in [1.54, 1.807) is 16.7 Å². The number of aryl methyl sites for hydroxylation is 1. The Labute approximate surface area is 90.1 Å². The Balaban J connectivity index is 1.78. The van der Waals surface area contributed by atoms with Gasteiger partial charge in [-0.05, 0) is 38.3 Å². The molecule has 1 aliphatic rings. The van der Waals surface area contributed by atoms with Crippen LogP contribution in [0.2, 0.25) is 0 Å². The average Bonchev–Trinajstić information content (AvgIpc) is 2.74. The molecule has 0 aliphatic carbocycles. The molecule has 1 N–H and O–H groups in total. The fraction of sp³-hybridized carbons (Fsp3) is 0.583. The van der Waals surface area contributed by atoms with Crippen molar-refractivity contribution in [1.82, 2.24) is 9.88 Å². The number of aromatic nitrogens is 1. The smallest absolute Gasteiger partial charge is 0.250 e. The first-order chi connectivity index (χ1) is 7.36. The molecule has 15 heavy (non-hydrogen) atoms. The highest BCUT2D eigenvalue weighted by Gasteiger charge is 2.12. The molecule has 1 saturated heterocycles. The molecule has 1 aromatic heterocycles. The Hall–Kier alpha value is -1.09. The summed E-state index contributed by atoms with van der Waals surface area (Å²) in [6.07, 6.45) is 6.73. The maximum Gasteiger partial charge on any atom is 0.250 e. The van der Waals surface area contributed by atoms with E-state index >= 15 is 0 Å². The number of hydrogen-bond acceptors (Lipinski definition) is 2. The van der Waals surface area contributed by atoms with E-state index in [-0.39, 0.29) is 5.56 Å². The Morgan fingerprint density at radius 1 is 1.47 bits per heavy atom. The summed E-state index contributed by atoms with van der Waals surface area (Å²) in [7, 11) is 0. The molecule has 0 radical (unpaired) electrons. The number of pyridine rings is 1. The summed E-state index contributed by atoms with van der Waals surface area (Å²) in [5, 5.41) is 3.47. The van der Waals surface area contributed by atoms with E-state index in [0.717, 1.165) is 19.5 Å². The number of nitrogens with one attached hydrogen (secondary N) is 1. The van der Waals surface area contributed by atoms with E-state index in [0.29, 0.717) is 6.04 Å². The third kappa shape index (κ3) is 2.93. The molecule has 0 saturated carbocycles. The molecule has 2 rings (SSSR count). The summed E-state index contributed by atoms with van der Waals surface area (Å²) in [4.78, 5) is 11.4. The molecule has 1 aliphatic heterocycles. The van der Waals surface area contributed by atoms with Gasteiger partial charge in [0.2, 0.25) is 5.56 Å². The molecule has 1 unspecified atom stereocenters. The highest BCUT2D eigenvalue weighted by Crippen LogP contribution is 2.10.